The van der Waals surface area contributed by atoms with E-state index >= 15 is 0 Å². The molecule has 10 heteroatoms. The lowest BCUT2D eigenvalue weighted by molar-refractivity contribution is -0.143. The Balaban J connectivity index is 1.78. The second kappa shape index (κ2) is 10.4. The summed E-state index contributed by atoms with van der Waals surface area (Å²) in [5.74, 6) is -0.638. The van der Waals surface area contributed by atoms with Gasteiger partial charge in [0.15, 0.2) is 0 Å². The number of thioether (sulfide) groups is 1. The van der Waals surface area contributed by atoms with Gasteiger partial charge < -0.3 is 20.5 Å². The normalized spacial score (nSPS) is 25.3. The van der Waals surface area contributed by atoms with Crippen LogP contribution in [0.5, 0.6) is 0 Å². The number of hydrogen-bond donors (Lipinski definition) is 3. The lowest BCUT2D eigenvalue weighted by atomic mass is 9.82. The van der Waals surface area contributed by atoms with Crippen molar-refractivity contribution in [2.24, 2.45) is 11.8 Å². The third-order valence-corrected chi connectivity index (χ3v) is 6.34. The van der Waals surface area contributed by atoms with Crippen LogP contribution in [0.25, 0.3) is 0 Å². The summed E-state index contributed by atoms with van der Waals surface area (Å²) < 4.78 is 5.36. The lowest BCUT2D eigenvalue weighted by Gasteiger charge is -2.28. The molecule has 2 rings (SSSR count). The van der Waals surface area contributed by atoms with Gasteiger partial charge in [0.05, 0.1) is 11.8 Å². The Hall–Kier alpha value is -1.97. The quantitative estimate of drug-likeness (QED) is 0.572. The maximum Gasteiger partial charge on any atom is 0.411 e. The fourth-order valence-corrected chi connectivity index (χ4v) is 4.69. The molecule has 3 N–H and O–H groups in total. The molecule has 2 atom stereocenters. The van der Waals surface area contributed by atoms with Gasteiger partial charge in [-0.2, -0.15) is 0 Å². The van der Waals surface area contributed by atoms with Crippen LogP contribution < -0.4 is 10.6 Å². The maximum absolute atomic E-state index is 12.6. The minimum atomic E-state index is -0.751. The Morgan fingerprint density at radius 1 is 1.17 bits per heavy atom. The zero-order chi connectivity index (χ0) is 22.5. The average Bonchev–Trinajstić information content (AvgIpc) is 3.15. The van der Waals surface area contributed by atoms with Crippen LogP contribution in [0.1, 0.15) is 53.4 Å². The highest BCUT2D eigenvalue weighted by Gasteiger charge is 2.38. The van der Waals surface area contributed by atoms with Crippen molar-refractivity contribution in [1.82, 2.24) is 15.5 Å². The van der Waals surface area contributed by atoms with Gasteiger partial charge in [0.1, 0.15) is 17.7 Å². The summed E-state index contributed by atoms with van der Waals surface area (Å²) in [7, 11) is 0. The molecule has 0 bridgehead atoms. The molecular formula is C20H33N3O6S. The van der Waals surface area contributed by atoms with Crippen LogP contribution in [0.4, 0.5) is 4.79 Å². The van der Waals surface area contributed by atoms with E-state index in [1.807, 2.05) is 0 Å². The summed E-state index contributed by atoms with van der Waals surface area (Å²) in [6, 6.07) is -1.41. The minimum Gasteiger partial charge on any atom is -0.481 e. The van der Waals surface area contributed by atoms with Crippen LogP contribution in [0, 0.1) is 11.8 Å². The van der Waals surface area contributed by atoms with Gasteiger partial charge in [-0.05, 0) is 59.3 Å². The second-order valence-electron chi connectivity index (χ2n) is 9.00. The number of nitrogens with one attached hydrogen (secondary N) is 2. The molecule has 3 amide bonds. The lowest BCUT2D eigenvalue weighted by Crippen LogP contribution is -2.53. The maximum atomic E-state index is 12.6. The van der Waals surface area contributed by atoms with E-state index in [9.17, 15) is 19.2 Å². The van der Waals surface area contributed by atoms with Crippen molar-refractivity contribution < 1.29 is 29.0 Å². The summed E-state index contributed by atoms with van der Waals surface area (Å²) in [4.78, 5) is 49.8. The molecule has 9 nitrogen and oxygen atoms in total. The minimum absolute atomic E-state index is 0.251. The fraction of sp³-hybridized carbons (Fsp3) is 0.800. The molecule has 0 radical (unpaired) electrons. The molecular weight excluding hydrogens is 410 g/mol. The summed E-state index contributed by atoms with van der Waals surface area (Å²) in [6.07, 6.45) is 2.25. The van der Waals surface area contributed by atoms with Gasteiger partial charge in [-0.3, -0.25) is 19.3 Å². The van der Waals surface area contributed by atoms with Gasteiger partial charge in [-0.1, -0.05) is 0 Å². The smallest absolute Gasteiger partial charge is 0.411 e. The van der Waals surface area contributed by atoms with Crippen LogP contribution in [0.2, 0.25) is 0 Å². The standard InChI is InChI=1S/C20H33N3O6S/c1-12(16(24)21-9-13-5-7-14(8-6-13)18(26)27)22-17(25)15-10-30-11-23(15)19(28)29-20(2,3)4/h12-15H,5-11H2,1-4H3,(H,21,24)(H,22,25)(H,26,27). The first-order valence-corrected chi connectivity index (χ1v) is 11.5. The predicted molar refractivity (Wildman–Crippen MR) is 113 cm³/mol. The van der Waals surface area contributed by atoms with E-state index < -0.39 is 29.7 Å². The molecule has 1 saturated carbocycles. The van der Waals surface area contributed by atoms with Crippen molar-refractivity contribution in [3.63, 3.8) is 0 Å². The largest absolute Gasteiger partial charge is 0.481 e. The van der Waals surface area contributed by atoms with E-state index in [1.165, 1.54) is 16.7 Å². The Morgan fingerprint density at radius 2 is 1.80 bits per heavy atom. The number of nitrogens with zero attached hydrogens (tertiary/aromatic N) is 1. The Bertz CT molecular complexity index is 657. The fourth-order valence-electron chi connectivity index (χ4n) is 3.55. The Kier molecular flexibility index (Phi) is 8.40. The molecule has 1 aliphatic carbocycles. The molecule has 0 aromatic heterocycles. The molecule has 1 heterocycles. The Labute approximate surface area is 181 Å². The number of aliphatic carboxylic acids is 1. The number of carboxylic acids is 1. The van der Waals surface area contributed by atoms with E-state index in [0.29, 0.717) is 31.0 Å². The summed E-state index contributed by atoms with van der Waals surface area (Å²) in [5, 5.41) is 14.6. The molecule has 2 aliphatic rings. The molecule has 1 saturated heterocycles. The topological polar surface area (TPSA) is 125 Å². The SMILES string of the molecule is CC(NC(=O)C1CSCN1C(=O)OC(C)(C)C)C(=O)NCC1CCC(C(=O)O)CC1. The van der Waals surface area contributed by atoms with Crippen LogP contribution in [-0.4, -0.2) is 69.7 Å². The predicted octanol–water partition coefficient (Wildman–Crippen LogP) is 1.81. The van der Waals surface area contributed by atoms with E-state index in [-0.39, 0.29) is 23.7 Å². The number of rotatable bonds is 6. The number of hydrogen-bond acceptors (Lipinski definition) is 6. The van der Waals surface area contributed by atoms with E-state index in [1.54, 1.807) is 27.7 Å². The van der Waals surface area contributed by atoms with Crippen molar-refractivity contribution >= 4 is 35.6 Å². The van der Waals surface area contributed by atoms with Crippen LogP contribution in [-0.2, 0) is 19.1 Å². The third kappa shape index (κ3) is 7.07. The third-order valence-electron chi connectivity index (χ3n) is 5.33. The van der Waals surface area contributed by atoms with Crippen molar-refractivity contribution in [2.75, 3.05) is 18.2 Å². The zero-order valence-electron chi connectivity index (χ0n) is 18.1. The highest BCUT2D eigenvalue weighted by atomic mass is 32.2. The highest BCUT2D eigenvalue weighted by Crippen LogP contribution is 2.28. The van der Waals surface area contributed by atoms with E-state index in [4.69, 9.17) is 9.84 Å². The second-order valence-corrected chi connectivity index (χ2v) is 10.00. The van der Waals surface area contributed by atoms with E-state index in [2.05, 4.69) is 10.6 Å². The molecule has 30 heavy (non-hydrogen) atoms. The van der Waals surface area contributed by atoms with Gasteiger partial charge in [0, 0.05) is 12.3 Å². The first-order chi connectivity index (χ1) is 14.0. The molecule has 2 fully saturated rings. The van der Waals surface area contributed by atoms with Gasteiger partial charge in [-0.15, -0.1) is 11.8 Å². The first-order valence-electron chi connectivity index (χ1n) is 10.4. The van der Waals surface area contributed by atoms with Gasteiger partial charge in [0.2, 0.25) is 11.8 Å². The van der Waals surface area contributed by atoms with Crippen molar-refractivity contribution in [3.8, 4) is 0 Å². The van der Waals surface area contributed by atoms with Crippen LogP contribution in [0.15, 0.2) is 0 Å². The monoisotopic (exact) mass is 443 g/mol. The van der Waals surface area contributed by atoms with Crippen molar-refractivity contribution in [2.45, 2.75) is 71.1 Å². The number of carboxylic acid groups (broad SMARTS) is 1. The summed E-state index contributed by atoms with van der Waals surface area (Å²) in [6.45, 7) is 7.38. The zero-order valence-corrected chi connectivity index (χ0v) is 18.9. The van der Waals surface area contributed by atoms with Gasteiger partial charge in [-0.25, -0.2) is 4.79 Å². The molecule has 0 aromatic carbocycles. The van der Waals surface area contributed by atoms with Crippen molar-refractivity contribution in [3.05, 3.63) is 0 Å². The molecule has 170 valence electrons. The first kappa shape index (κ1) is 24.3. The summed E-state index contributed by atoms with van der Waals surface area (Å²) >= 11 is 1.46. The average molecular weight is 444 g/mol. The highest BCUT2D eigenvalue weighted by molar-refractivity contribution is 7.99. The van der Waals surface area contributed by atoms with Crippen molar-refractivity contribution in [1.29, 1.82) is 0 Å². The van der Waals surface area contributed by atoms with Gasteiger partial charge in [0.25, 0.3) is 0 Å². The van der Waals surface area contributed by atoms with E-state index in [0.717, 1.165) is 12.8 Å². The number of carbonyl (C=O) groups excluding carboxylic acids is 3. The summed E-state index contributed by atoms with van der Waals surface area (Å²) in [5.41, 5.74) is -0.651. The number of ether oxygens (including phenoxy) is 1. The van der Waals surface area contributed by atoms with Gasteiger partial charge >= 0.3 is 12.1 Å². The number of carbonyl (C=O) groups is 4. The molecule has 0 spiro atoms. The molecule has 2 unspecified atom stereocenters. The van der Waals surface area contributed by atoms with Crippen LogP contribution in [0.3, 0.4) is 0 Å². The van der Waals surface area contributed by atoms with Crippen LogP contribution >= 0.6 is 11.8 Å². The molecule has 0 aromatic rings. The number of amides is 3. The Morgan fingerprint density at radius 3 is 2.37 bits per heavy atom. The molecule has 1 aliphatic heterocycles.